The van der Waals surface area contributed by atoms with E-state index in [1.54, 1.807) is 46.0 Å². The third kappa shape index (κ3) is 4.44. The SMILES string of the molecule is O=C(O)c1cnn(-c2cccc(-c3cccc(C(=O)N4CCCC5(CCCOC5)C4)c3F)c2)c1C1CC1. The maximum Gasteiger partial charge on any atom is 0.339 e. The molecule has 3 heterocycles. The van der Waals surface area contributed by atoms with E-state index in [0.29, 0.717) is 42.2 Å². The van der Waals surface area contributed by atoms with E-state index in [1.165, 1.54) is 6.20 Å². The predicted molar refractivity (Wildman–Crippen MR) is 136 cm³/mol. The molecule has 2 saturated heterocycles. The van der Waals surface area contributed by atoms with Gasteiger partial charge in [0.05, 0.1) is 29.7 Å². The molecule has 2 aliphatic heterocycles. The molecular weight excluding hydrogens is 473 g/mol. The summed E-state index contributed by atoms with van der Waals surface area (Å²) in [6.45, 7) is 2.64. The van der Waals surface area contributed by atoms with E-state index in [-0.39, 0.29) is 28.4 Å². The second-order valence-electron chi connectivity index (χ2n) is 10.6. The zero-order valence-corrected chi connectivity index (χ0v) is 20.7. The number of nitrogens with zero attached hydrogens (tertiary/aromatic N) is 3. The highest BCUT2D eigenvalue weighted by atomic mass is 19.1. The first-order chi connectivity index (χ1) is 18.0. The van der Waals surface area contributed by atoms with Gasteiger partial charge in [-0.1, -0.05) is 24.3 Å². The summed E-state index contributed by atoms with van der Waals surface area (Å²) in [6.07, 6.45) is 7.19. The van der Waals surface area contributed by atoms with Gasteiger partial charge in [0.25, 0.3) is 5.91 Å². The van der Waals surface area contributed by atoms with Crippen LogP contribution in [0.25, 0.3) is 16.8 Å². The molecule has 192 valence electrons. The molecule has 1 unspecified atom stereocenters. The molecule has 0 radical (unpaired) electrons. The summed E-state index contributed by atoms with van der Waals surface area (Å²) in [4.78, 5) is 27.0. The first-order valence-corrected chi connectivity index (χ1v) is 13.0. The molecule has 1 aliphatic carbocycles. The van der Waals surface area contributed by atoms with Gasteiger partial charge in [0.1, 0.15) is 11.4 Å². The van der Waals surface area contributed by atoms with Crippen LogP contribution in [0, 0.1) is 11.2 Å². The Balaban J connectivity index is 1.31. The van der Waals surface area contributed by atoms with Gasteiger partial charge < -0.3 is 14.7 Å². The Kier molecular flexibility index (Phi) is 6.07. The van der Waals surface area contributed by atoms with Crippen LogP contribution in [0.2, 0.25) is 0 Å². The smallest absolute Gasteiger partial charge is 0.339 e. The average molecular weight is 504 g/mol. The third-order valence-corrected chi connectivity index (χ3v) is 7.98. The maximum absolute atomic E-state index is 15.9. The minimum absolute atomic E-state index is 0.0214. The Bertz CT molecular complexity index is 1350. The van der Waals surface area contributed by atoms with Gasteiger partial charge in [0.2, 0.25) is 0 Å². The van der Waals surface area contributed by atoms with Crippen molar-refractivity contribution in [3.63, 3.8) is 0 Å². The summed E-state index contributed by atoms with van der Waals surface area (Å²) >= 11 is 0. The van der Waals surface area contributed by atoms with Crippen molar-refractivity contribution in [2.75, 3.05) is 26.3 Å². The lowest BCUT2D eigenvalue weighted by molar-refractivity contribution is -0.0435. The van der Waals surface area contributed by atoms with Crippen molar-refractivity contribution in [2.24, 2.45) is 5.41 Å². The van der Waals surface area contributed by atoms with Gasteiger partial charge in [-0.15, -0.1) is 0 Å². The maximum atomic E-state index is 15.9. The summed E-state index contributed by atoms with van der Waals surface area (Å²) in [5, 5.41) is 13.9. The number of aromatic nitrogens is 2. The van der Waals surface area contributed by atoms with Crippen LogP contribution >= 0.6 is 0 Å². The second kappa shape index (κ2) is 9.41. The number of carboxylic acids is 1. The van der Waals surface area contributed by atoms with E-state index >= 15 is 4.39 Å². The molecule has 3 fully saturated rings. The van der Waals surface area contributed by atoms with Crippen molar-refractivity contribution >= 4 is 11.9 Å². The van der Waals surface area contributed by atoms with E-state index in [9.17, 15) is 14.7 Å². The minimum atomic E-state index is -0.999. The number of hydrogen-bond acceptors (Lipinski definition) is 4. The van der Waals surface area contributed by atoms with Gasteiger partial charge in [0.15, 0.2) is 0 Å². The van der Waals surface area contributed by atoms with Crippen LogP contribution < -0.4 is 0 Å². The molecule has 8 heteroatoms. The number of likely N-dealkylation sites (tertiary alicyclic amines) is 1. The molecule has 6 rings (SSSR count). The second-order valence-corrected chi connectivity index (χ2v) is 10.6. The Hall–Kier alpha value is -3.52. The first kappa shape index (κ1) is 23.9. The number of aromatic carboxylic acids is 1. The summed E-state index contributed by atoms with van der Waals surface area (Å²) in [5.74, 6) is -1.66. The van der Waals surface area contributed by atoms with Gasteiger partial charge in [0, 0.05) is 36.6 Å². The summed E-state index contributed by atoms with van der Waals surface area (Å²) in [7, 11) is 0. The number of piperidine rings is 1. The van der Waals surface area contributed by atoms with Crippen molar-refractivity contribution in [3.05, 3.63) is 71.3 Å². The van der Waals surface area contributed by atoms with E-state index in [2.05, 4.69) is 5.10 Å². The highest BCUT2D eigenvalue weighted by molar-refractivity contribution is 5.96. The molecule has 37 heavy (non-hydrogen) atoms. The number of rotatable bonds is 5. The number of amides is 1. The molecule has 2 aromatic carbocycles. The van der Waals surface area contributed by atoms with Gasteiger partial charge in [-0.25, -0.2) is 13.9 Å². The quantitative estimate of drug-likeness (QED) is 0.512. The van der Waals surface area contributed by atoms with Crippen molar-refractivity contribution in [1.82, 2.24) is 14.7 Å². The van der Waals surface area contributed by atoms with E-state index in [4.69, 9.17) is 4.74 Å². The number of carbonyl (C=O) groups excluding carboxylic acids is 1. The normalized spacial score (nSPS) is 21.8. The summed E-state index contributed by atoms with van der Waals surface area (Å²) in [5.41, 5.74) is 2.54. The van der Waals surface area contributed by atoms with Crippen LogP contribution in [0.5, 0.6) is 0 Å². The highest BCUT2D eigenvalue weighted by Gasteiger charge is 2.39. The number of hydrogen-bond donors (Lipinski definition) is 1. The van der Waals surface area contributed by atoms with Crippen LogP contribution in [0.3, 0.4) is 0 Å². The average Bonchev–Trinajstić information content (AvgIpc) is 3.66. The number of carboxylic acid groups (broad SMARTS) is 1. The third-order valence-electron chi connectivity index (χ3n) is 7.98. The number of ether oxygens (including phenoxy) is 1. The van der Waals surface area contributed by atoms with Crippen molar-refractivity contribution < 1.29 is 23.8 Å². The summed E-state index contributed by atoms with van der Waals surface area (Å²) in [6, 6.07) is 12.2. The molecule has 3 aromatic rings. The molecule has 7 nitrogen and oxygen atoms in total. The van der Waals surface area contributed by atoms with Crippen LogP contribution in [0.15, 0.2) is 48.7 Å². The van der Waals surface area contributed by atoms with Gasteiger partial charge >= 0.3 is 5.97 Å². The zero-order valence-electron chi connectivity index (χ0n) is 20.7. The van der Waals surface area contributed by atoms with Crippen LogP contribution in [0.4, 0.5) is 4.39 Å². The molecule has 1 spiro atoms. The Labute approximate surface area is 214 Å². The lowest BCUT2D eigenvalue weighted by atomic mass is 9.75. The van der Waals surface area contributed by atoms with Crippen LogP contribution in [-0.4, -0.2) is 58.0 Å². The highest BCUT2D eigenvalue weighted by Crippen LogP contribution is 2.43. The van der Waals surface area contributed by atoms with Crippen molar-refractivity contribution in [2.45, 2.75) is 44.4 Å². The van der Waals surface area contributed by atoms with Gasteiger partial charge in [-0.05, 0) is 62.3 Å². The standard InChI is InChI=1S/C29H30FN3O4/c30-25-22(7-2-8-23(25)27(34)32-13-3-11-29(17-32)12-4-14-37-18-29)20-5-1-6-21(15-20)33-26(19-9-10-19)24(16-31-33)28(35)36/h1-2,5-8,15-16,19H,3-4,9-14,17-18H2,(H,35,36). The Morgan fingerprint density at radius 1 is 1.08 bits per heavy atom. The van der Waals surface area contributed by atoms with Crippen molar-refractivity contribution in [1.29, 1.82) is 0 Å². The summed E-state index contributed by atoms with van der Waals surface area (Å²) < 4.78 is 23.3. The fourth-order valence-electron chi connectivity index (χ4n) is 5.99. The van der Waals surface area contributed by atoms with Crippen LogP contribution in [-0.2, 0) is 4.74 Å². The molecule has 1 amide bonds. The zero-order chi connectivity index (χ0) is 25.6. The molecule has 1 aromatic heterocycles. The van der Waals surface area contributed by atoms with Gasteiger partial charge in [-0.2, -0.15) is 5.10 Å². The number of benzene rings is 2. The largest absolute Gasteiger partial charge is 0.478 e. The molecule has 0 bridgehead atoms. The molecule has 1 N–H and O–H groups in total. The molecule has 1 saturated carbocycles. The van der Waals surface area contributed by atoms with E-state index in [1.807, 2.05) is 6.07 Å². The Morgan fingerprint density at radius 3 is 2.65 bits per heavy atom. The fraction of sp³-hybridized carbons (Fsp3) is 0.414. The Morgan fingerprint density at radius 2 is 1.89 bits per heavy atom. The van der Waals surface area contributed by atoms with Crippen LogP contribution in [0.1, 0.15) is 70.9 Å². The van der Waals surface area contributed by atoms with E-state index in [0.717, 1.165) is 45.1 Å². The molecular formula is C29H30FN3O4. The first-order valence-electron chi connectivity index (χ1n) is 13.0. The number of halogens is 1. The van der Waals surface area contributed by atoms with Crippen molar-refractivity contribution in [3.8, 4) is 16.8 Å². The monoisotopic (exact) mass is 503 g/mol. The van der Waals surface area contributed by atoms with E-state index < -0.39 is 11.8 Å². The minimum Gasteiger partial charge on any atom is -0.478 e. The number of carbonyl (C=O) groups is 2. The lowest BCUT2D eigenvalue weighted by Crippen LogP contribution is -2.49. The van der Waals surface area contributed by atoms with Gasteiger partial charge in [-0.3, -0.25) is 4.79 Å². The molecule has 1 atom stereocenters. The lowest BCUT2D eigenvalue weighted by Gasteiger charge is -2.44. The topological polar surface area (TPSA) is 84.7 Å². The predicted octanol–water partition coefficient (Wildman–Crippen LogP) is 5.29. The molecule has 3 aliphatic rings. The fourth-order valence-corrected chi connectivity index (χ4v) is 5.99.